The fourth-order valence-corrected chi connectivity index (χ4v) is 1.99. The normalized spacial score (nSPS) is 22.2. The number of nitrogens with zero attached hydrogens (tertiary/aromatic N) is 2. The molecule has 18 heavy (non-hydrogen) atoms. The van der Waals surface area contributed by atoms with Crippen molar-refractivity contribution in [3.63, 3.8) is 0 Å². The van der Waals surface area contributed by atoms with Crippen molar-refractivity contribution in [2.24, 2.45) is 10.9 Å². The fourth-order valence-electron chi connectivity index (χ4n) is 1.99. The second kappa shape index (κ2) is 5.16. The van der Waals surface area contributed by atoms with Crippen LogP contribution in [0.15, 0.2) is 28.9 Å². The van der Waals surface area contributed by atoms with E-state index in [1.54, 1.807) is 6.08 Å². The third kappa shape index (κ3) is 2.34. The molecular weight excluding hydrogens is 230 g/mol. The Hall–Kier alpha value is -1.91. The minimum absolute atomic E-state index is 0.230. The number of amides is 2. The number of amidine groups is 1. The number of allylic oxidation sites excluding steroid dienone is 3. The maximum atomic E-state index is 11.9. The highest BCUT2D eigenvalue weighted by Crippen LogP contribution is 2.20. The monoisotopic (exact) mass is 247 g/mol. The Morgan fingerprint density at radius 1 is 1.61 bits per heavy atom. The molecule has 1 unspecified atom stereocenters. The first kappa shape index (κ1) is 12.5. The third-order valence-electron chi connectivity index (χ3n) is 3.04. The van der Waals surface area contributed by atoms with Crippen molar-refractivity contribution in [2.45, 2.75) is 20.3 Å². The van der Waals surface area contributed by atoms with Gasteiger partial charge in [0.2, 0.25) is 5.91 Å². The van der Waals surface area contributed by atoms with Crippen molar-refractivity contribution in [1.29, 1.82) is 0 Å². The van der Waals surface area contributed by atoms with Crippen LogP contribution < -0.4 is 5.32 Å². The summed E-state index contributed by atoms with van der Waals surface area (Å²) in [6.07, 6.45) is 6.43. The largest absolute Gasteiger partial charge is 0.355 e. The van der Waals surface area contributed by atoms with Gasteiger partial charge in [-0.2, -0.15) is 4.99 Å². The van der Waals surface area contributed by atoms with Gasteiger partial charge in [0.1, 0.15) is 11.8 Å². The summed E-state index contributed by atoms with van der Waals surface area (Å²) in [5, 5.41) is 2.75. The SMILES string of the molecule is CCCNC(=O)C1CN2C(C)=CC=CC2=NC1=O. The molecule has 0 spiro atoms. The van der Waals surface area contributed by atoms with Gasteiger partial charge in [0.05, 0.1) is 0 Å². The Bertz CT molecular complexity index is 463. The molecule has 2 rings (SSSR count). The summed E-state index contributed by atoms with van der Waals surface area (Å²) >= 11 is 0. The maximum Gasteiger partial charge on any atom is 0.262 e. The molecule has 0 saturated heterocycles. The van der Waals surface area contributed by atoms with Gasteiger partial charge >= 0.3 is 0 Å². The number of carbonyl (C=O) groups excluding carboxylic acids is 2. The van der Waals surface area contributed by atoms with E-state index in [4.69, 9.17) is 0 Å². The number of carbonyl (C=O) groups is 2. The lowest BCUT2D eigenvalue weighted by molar-refractivity contribution is -0.134. The Balaban J connectivity index is 2.15. The van der Waals surface area contributed by atoms with Crippen molar-refractivity contribution in [1.82, 2.24) is 10.2 Å². The van der Waals surface area contributed by atoms with E-state index in [1.165, 1.54) is 0 Å². The summed E-state index contributed by atoms with van der Waals surface area (Å²) in [5.74, 6) is -0.657. The second-order valence-corrected chi connectivity index (χ2v) is 4.43. The molecule has 0 aromatic heterocycles. The van der Waals surface area contributed by atoms with Crippen LogP contribution in [0.5, 0.6) is 0 Å². The van der Waals surface area contributed by atoms with Crippen LogP contribution in [0.25, 0.3) is 0 Å². The zero-order chi connectivity index (χ0) is 13.1. The molecule has 0 bridgehead atoms. The van der Waals surface area contributed by atoms with Crippen molar-refractivity contribution >= 4 is 17.6 Å². The standard InChI is InChI=1S/C13H17N3O2/c1-3-7-14-12(17)10-8-16-9(2)5-4-6-11(16)15-13(10)18/h4-6,10H,3,7-8H2,1-2H3,(H,14,17). The highest BCUT2D eigenvalue weighted by atomic mass is 16.2. The summed E-state index contributed by atoms with van der Waals surface area (Å²) in [5.41, 5.74) is 0.997. The Morgan fingerprint density at radius 3 is 3.11 bits per heavy atom. The number of nitrogens with one attached hydrogen (secondary N) is 1. The number of fused-ring (bicyclic) bond motifs is 1. The fraction of sp³-hybridized carbons (Fsp3) is 0.462. The number of aliphatic imine (C=N–C) groups is 1. The predicted molar refractivity (Wildman–Crippen MR) is 68.8 cm³/mol. The van der Waals surface area contributed by atoms with E-state index < -0.39 is 5.92 Å². The van der Waals surface area contributed by atoms with Crippen LogP contribution in [0.2, 0.25) is 0 Å². The molecule has 2 amide bonds. The lowest BCUT2D eigenvalue weighted by Gasteiger charge is -2.33. The van der Waals surface area contributed by atoms with Gasteiger partial charge in [-0.15, -0.1) is 0 Å². The van der Waals surface area contributed by atoms with Crippen molar-refractivity contribution in [2.75, 3.05) is 13.1 Å². The molecule has 5 heteroatoms. The number of rotatable bonds is 3. The molecule has 2 aliphatic heterocycles. The Labute approximate surface area is 106 Å². The molecule has 0 aromatic rings. The first-order chi connectivity index (χ1) is 8.63. The summed E-state index contributed by atoms with van der Waals surface area (Å²) < 4.78 is 0. The van der Waals surface area contributed by atoms with Crippen LogP contribution in [0.1, 0.15) is 20.3 Å². The van der Waals surface area contributed by atoms with Gasteiger partial charge in [0.25, 0.3) is 5.91 Å². The van der Waals surface area contributed by atoms with E-state index in [2.05, 4.69) is 10.3 Å². The van der Waals surface area contributed by atoms with Crippen molar-refractivity contribution in [3.05, 3.63) is 23.9 Å². The molecule has 1 atom stereocenters. The summed E-state index contributed by atoms with van der Waals surface area (Å²) in [6.45, 7) is 4.88. The van der Waals surface area contributed by atoms with Crippen LogP contribution in [0, 0.1) is 5.92 Å². The molecule has 0 aliphatic carbocycles. The van der Waals surface area contributed by atoms with Gasteiger partial charge in [0.15, 0.2) is 0 Å². The topological polar surface area (TPSA) is 61.8 Å². The van der Waals surface area contributed by atoms with Gasteiger partial charge < -0.3 is 10.2 Å². The molecule has 1 N–H and O–H groups in total. The molecule has 0 radical (unpaired) electrons. The molecule has 0 aromatic carbocycles. The Kier molecular flexibility index (Phi) is 3.60. The van der Waals surface area contributed by atoms with Gasteiger partial charge in [-0.3, -0.25) is 9.59 Å². The minimum Gasteiger partial charge on any atom is -0.355 e. The summed E-state index contributed by atoms with van der Waals surface area (Å²) in [4.78, 5) is 29.6. The lowest BCUT2D eigenvalue weighted by Crippen LogP contribution is -2.48. The van der Waals surface area contributed by atoms with E-state index in [1.807, 2.05) is 30.9 Å². The first-order valence-corrected chi connectivity index (χ1v) is 6.16. The minimum atomic E-state index is -0.699. The second-order valence-electron chi connectivity index (χ2n) is 4.43. The first-order valence-electron chi connectivity index (χ1n) is 6.16. The molecule has 5 nitrogen and oxygen atoms in total. The molecule has 0 fully saturated rings. The highest BCUT2D eigenvalue weighted by molar-refractivity contribution is 6.11. The summed E-state index contributed by atoms with van der Waals surface area (Å²) in [7, 11) is 0. The van der Waals surface area contributed by atoms with E-state index in [0.29, 0.717) is 18.9 Å². The van der Waals surface area contributed by atoms with Crippen LogP contribution >= 0.6 is 0 Å². The molecule has 2 heterocycles. The maximum absolute atomic E-state index is 11.9. The van der Waals surface area contributed by atoms with Crippen LogP contribution in [-0.4, -0.2) is 35.6 Å². The average molecular weight is 247 g/mol. The highest BCUT2D eigenvalue weighted by Gasteiger charge is 2.34. The predicted octanol–water partition coefficient (Wildman–Crippen LogP) is 0.843. The molecule has 0 saturated carbocycles. The number of hydrogen-bond acceptors (Lipinski definition) is 3. The van der Waals surface area contributed by atoms with Gasteiger partial charge in [-0.25, -0.2) is 0 Å². The quantitative estimate of drug-likeness (QED) is 0.752. The average Bonchev–Trinajstić information content (AvgIpc) is 2.35. The third-order valence-corrected chi connectivity index (χ3v) is 3.04. The number of hydrogen-bond donors (Lipinski definition) is 1. The Morgan fingerprint density at radius 2 is 2.39 bits per heavy atom. The summed E-state index contributed by atoms with van der Waals surface area (Å²) in [6, 6.07) is 0. The van der Waals surface area contributed by atoms with E-state index >= 15 is 0 Å². The zero-order valence-corrected chi connectivity index (χ0v) is 10.6. The van der Waals surface area contributed by atoms with Crippen LogP contribution in [-0.2, 0) is 9.59 Å². The van der Waals surface area contributed by atoms with Gasteiger partial charge in [-0.05, 0) is 25.5 Å². The smallest absolute Gasteiger partial charge is 0.262 e. The lowest BCUT2D eigenvalue weighted by atomic mass is 10.0. The van der Waals surface area contributed by atoms with E-state index in [-0.39, 0.29) is 11.8 Å². The van der Waals surface area contributed by atoms with E-state index in [9.17, 15) is 9.59 Å². The van der Waals surface area contributed by atoms with E-state index in [0.717, 1.165) is 12.1 Å². The van der Waals surface area contributed by atoms with Crippen molar-refractivity contribution in [3.8, 4) is 0 Å². The molecular formula is C13H17N3O2. The zero-order valence-electron chi connectivity index (χ0n) is 10.6. The molecule has 96 valence electrons. The van der Waals surface area contributed by atoms with Crippen molar-refractivity contribution < 1.29 is 9.59 Å². The van der Waals surface area contributed by atoms with Gasteiger partial charge in [0, 0.05) is 18.8 Å². The van der Waals surface area contributed by atoms with Crippen LogP contribution in [0.4, 0.5) is 0 Å². The molecule has 2 aliphatic rings. The van der Waals surface area contributed by atoms with Gasteiger partial charge in [-0.1, -0.05) is 13.0 Å². The van der Waals surface area contributed by atoms with Crippen LogP contribution in [0.3, 0.4) is 0 Å².